The van der Waals surface area contributed by atoms with Crippen LogP contribution in [0.5, 0.6) is 0 Å². The van der Waals surface area contributed by atoms with Crippen molar-refractivity contribution in [1.29, 1.82) is 0 Å². The molecule has 1 aliphatic heterocycles. The summed E-state index contributed by atoms with van der Waals surface area (Å²) >= 11 is 0. The number of nitrogens with one attached hydrogen (secondary N) is 1. The third kappa shape index (κ3) is 2.64. The summed E-state index contributed by atoms with van der Waals surface area (Å²) in [6, 6.07) is 16.1. The number of aryl methyl sites for hydroxylation is 1. The molecule has 1 N–H and O–H groups in total. The molecular formula is C18H20N2O. The van der Waals surface area contributed by atoms with Crippen LogP contribution < -0.4 is 10.2 Å². The number of nitrogens with zero attached hydrogens (tertiary/aromatic N) is 1. The van der Waals surface area contributed by atoms with Gasteiger partial charge in [-0.05, 0) is 43.2 Å². The van der Waals surface area contributed by atoms with Crippen molar-refractivity contribution in [3.63, 3.8) is 0 Å². The van der Waals surface area contributed by atoms with Gasteiger partial charge >= 0.3 is 0 Å². The number of carbonyl (C=O) groups excluding carboxylic acids is 1. The molecule has 1 unspecified atom stereocenters. The fraction of sp³-hybridized carbons (Fsp3) is 0.278. The van der Waals surface area contributed by atoms with Crippen LogP contribution in [0.15, 0.2) is 48.5 Å². The van der Waals surface area contributed by atoms with E-state index in [0.29, 0.717) is 6.54 Å². The van der Waals surface area contributed by atoms with Crippen LogP contribution in [0.2, 0.25) is 0 Å². The van der Waals surface area contributed by atoms with Crippen LogP contribution >= 0.6 is 0 Å². The number of amides is 1. The first-order valence-electron chi connectivity index (χ1n) is 7.41. The first-order chi connectivity index (χ1) is 10.2. The molecule has 1 amide bonds. The zero-order valence-corrected chi connectivity index (χ0v) is 12.5. The topological polar surface area (TPSA) is 32.3 Å². The van der Waals surface area contributed by atoms with E-state index in [0.717, 1.165) is 17.8 Å². The van der Waals surface area contributed by atoms with Gasteiger partial charge in [-0.1, -0.05) is 30.3 Å². The molecule has 0 aliphatic carbocycles. The molecular weight excluding hydrogens is 260 g/mol. The molecule has 0 saturated heterocycles. The van der Waals surface area contributed by atoms with Crippen molar-refractivity contribution < 1.29 is 4.79 Å². The van der Waals surface area contributed by atoms with Gasteiger partial charge in [0, 0.05) is 24.3 Å². The SMILES string of the molecule is CCN(C(=O)C1Cc2ccccc2N1)c1cccc(C)c1. The molecule has 0 bridgehead atoms. The molecule has 108 valence electrons. The van der Waals surface area contributed by atoms with Gasteiger partial charge in [-0.3, -0.25) is 4.79 Å². The van der Waals surface area contributed by atoms with Crippen LogP contribution in [0.25, 0.3) is 0 Å². The lowest BCUT2D eigenvalue weighted by atomic mass is 10.1. The lowest BCUT2D eigenvalue weighted by Gasteiger charge is -2.25. The predicted molar refractivity (Wildman–Crippen MR) is 86.8 cm³/mol. The Balaban J connectivity index is 1.81. The highest BCUT2D eigenvalue weighted by molar-refractivity contribution is 6.00. The maximum Gasteiger partial charge on any atom is 0.249 e. The van der Waals surface area contributed by atoms with E-state index in [2.05, 4.69) is 17.4 Å². The highest BCUT2D eigenvalue weighted by atomic mass is 16.2. The summed E-state index contributed by atoms with van der Waals surface area (Å²) in [7, 11) is 0. The monoisotopic (exact) mass is 280 g/mol. The van der Waals surface area contributed by atoms with Gasteiger partial charge in [0.15, 0.2) is 0 Å². The Morgan fingerprint density at radius 1 is 1.24 bits per heavy atom. The van der Waals surface area contributed by atoms with Crippen molar-refractivity contribution in [2.45, 2.75) is 26.3 Å². The molecule has 21 heavy (non-hydrogen) atoms. The Morgan fingerprint density at radius 2 is 2.05 bits per heavy atom. The molecule has 1 aliphatic rings. The van der Waals surface area contributed by atoms with Crippen LogP contribution in [0.1, 0.15) is 18.1 Å². The Morgan fingerprint density at radius 3 is 2.76 bits per heavy atom. The molecule has 0 radical (unpaired) electrons. The highest BCUT2D eigenvalue weighted by Crippen LogP contribution is 2.27. The van der Waals surface area contributed by atoms with Crippen LogP contribution in [-0.4, -0.2) is 18.5 Å². The summed E-state index contributed by atoms with van der Waals surface area (Å²) in [4.78, 5) is 14.7. The van der Waals surface area contributed by atoms with Crippen LogP contribution in [0, 0.1) is 6.92 Å². The van der Waals surface area contributed by atoms with Crippen molar-refractivity contribution in [1.82, 2.24) is 0 Å². The summed E-state index contributed by atoms with van der Waals surface area (Å²) < 4.78 is 0. The van der Waals surface area contributed by atoms with Crippen molar-refractivity contribution in [2.75, 3.05) is 16.8 Å². The van der Waals surface area contributed by atoms with Gasteiger partial charge in [0.05, 0.1) is 0 Å². The van der Waals surface area contributed by atoms with Gasteiger partial charge in [0.1, 0.15) is 6.04 Å². The number of para-hydroxylation sites is 1. The summed E-state index contributed by atoms with van der Waals surface area (Å²) in [5.74, 6) is 0.138. The number of carbonyl (C=O) groups is 1. The van der Waals surface area contributed by atoms with E-state index in [9.17, 15) is 4.79 Å². The molecule has 0 fully saturated rings. The lowest BCUT2D eigenvalue weighted by Crippen LogP contribution is -2.42. The number of hydrogen-bond acceptors (Lipinski definition) is 2. The van der Waals surface area contributed by atoms with E-state index in [-0.39, 0.29) is 11.9 Å². The standard InChI is InChI=1S/C18H20N2O/c1-3-20(15-9-6-7-13(2)11-15)18(21)17-12-14-8-4-5-10-16(14)19-17/h4-11,17,19H,3,12H2,1-2H3. The minimum atomic E-state index is -0.164. The fourth-order valence-corrected chi connectivity index (χ4v) is 2.90. The summed E-state index contributed by atoms with van der Waals surface area (Å²) in [5.41, 5.74) is 4.44. The van der Waals surface area contributed by atoms with E-state index >= 15 is 0 Å². The minimum absolute atomic E-state index is 0.138. The van der Waals surface area contributed by atoms with Crippen molar-refractivity contribution in [3.05, 3.63) is 59.7 Å². The van der Waals surface area contributed by atoms with Gasteiger partial charge in [-0.2, -0.15) is 0 Å². The smallest absolute Gasteiger partial charge is 0.249 e. The van der Waals surface area contributed by atoms with Crippen LogP contribution in [-0.2, 0) is 11.2 Å². The second-order valence-corrected chi connectivity index (χ2v) is 5.48. The van der Waals surface area contributed by atoms with Crippen molar-refractivity contribution >= 4 is 17.3 Å². The van der Waals surface area contributed by atoms with Crippen molar-refractivity contribution in [2.24, 2.45) is 0 Å². The number of hydrogen-bond donors (Lipinski definition) is 1. The number of rotatable bonds is 3. The van der Waals surface area contributed by atoms with Gasteiger partial charge in [-0.15, -0.1) is 0 Å². The molecule has 3 nitrogen and oxygen atoms in total. The Labute approximate surface area is 125 Å². The van der Waals surface area contributed by atoms with E-state index in [4.69, 9.17) is 0 Å². The van der Waals surface area contributed by atoms with E-state index in [1.807, 2.05) is 55.1 Å². The molecule has 3 rings (SSSR count). The zero-order chi connectivity index (χ0) is 14.8. The molecule has 2 aromatic rings. The second-order valence-electron chi connectivity index (χ2n) is 5.48. The molecule has 3 heteroatoms. The maximum absolute atomic E-state index is 12.8. The third-order valence-electron chi connectivity index (χ3n) is 3.96. The number of likely N-dealkylation sites (N-methyl/N-ethyl adjacent to an activating group) is 1. The summed E-state index contributed by atoms with van der Waals surface area (Å²) in [6.45, 7) is 4.74. The second kappa shape index (κ2) is 5.60. The quantitative estimate of drug-likeness (QED) is 0.934. The summed E-state index contributed by atoms with van der Waals surface area (Å²) in [5, 5.41) is 3.34. The van der Waals surface area contributed by atoms with Gasteiger partial charge in [0.25, 0.3) is 0 Å². The largest absolute Gasteiger partial charge is 0.373 e. The van der Waals surface area contributed by atoms with E-state index in [1.54, 1.807) is 0 Å². The minimum Gasteiger partial charge on any atom is -0.373 e. The van der Waals surface area contributed by atoms with E-state index in [1.165, 1.54) is 11.1 Å². The Hall–Kier alpha value is -2.29. The van der Waals surface area contributed by atoms with E-state index < -0.39 is 0 Å². The lowest BCUT2D eigenvalue weighted by molar-refractivity contribution is -0.119. The predicted octanol–water partition coefficient (Wildman–Crippen LogP) is 3.38. The average Bonchev–Trinajstić information content (AvgIpc) is 2.92. The maximum atomic E-state index is 12.8. The molecule has 0 saturated carbocycles. The van der Waals surface area contributed by atoms with Gasteiger partial charge in [0.2, 0.25) is 5.91 Å². The first kappa shape index (κ1) is 13.7. The summed E-state index contributed by atoms with van der Waals surface area (Å²) in [6.07, 6.45) is 0.761. The fourth-order valence-electron chi connectivity index (χ4n) is 2.90. The average molecular weight is 280 g/mol. The normalized spacial score (nSPS) is 16.2. The number of fused-ring (bicyclic) bond motifs is 1. The molecule has 1 atom stereocenters. The molecule has 1 heterocycles. The number of benzene rings is 2. The van der Waals surface area contributed by atoms with Crippen LogP contribution in [0.3, 0.4) is 0 Å². The number of anilines is 2. The van der Waals surface area contributed by atoms with Gasteiger partial charge in [-0.25, -0.2) is 0 Å². The molecule has 0 spiro atoms. The molecule has 0 aromatic heterocycles. The van der Waals surface area contributed by atoms with Gasteiger partial charge < -0.3 is 10.2 Å². The van der Waals surface area contributed by atoms with Crippen molar-refractivity contribution in [3.8, 4) is 0 Å². The Kier molecular flexibility index (Phi) is 3.65. The molecule has 2 aromatic carbocycles. The van der Waals surface area contributed by atoms with Crippen LogP contribution in [0.4, 0.5) is 11.4 Å². The first-order valence-corrected chi connectivity index (χ1v) is 7.41. The zero-order valence-electron chi connectivity index (χ0n) is 12.5. The third-order valence-corrected chi connectivity index (χ3v) is 3.96. The highest BCUT2D eigenvalue weighted by Gasteiger charge is 2.30. The Bertz CT molecular complexity index is 641.